The Kier molecular flexibility index (Phi) is 7.96. The van der Waals surface area contributed by atoms with Crippen molar-refractivity contribution in [3.8, 4) is 0 Å². The van der Waals surface area contributed by atoms with Gasteiger partial charge < -0.3 is 10.5 Å². The Balaban J connectivity index is 2.80. The van der Waals surface area contributed by atoms with Crippen LogP contribution in [0.4, 0.5) is 0 Å². The Morgan fingerprint density at radius 1 is 1.24 bits per heavy atom. The first-order valence-corrected chi connectivity index (χ1v) is 8.92. The normalized spacial score (nSPS) is 13.5. The number of nitrogens with two attached hydrogens (primary N) is 1. The Morgan fingerprint density at radius 2 is 1.90 bits per heavy atom. The third-order valence-corrected chi connectivity index (χ3v) is 5.17. The Hall–Kier alpha value is 0.160. The van der Waals surface area contributed by atoms with Crippen molar-refractivity contribution in [3.63, 3.8) is 0 Å². The number of unbranched alkanes of at least 4 members (excludes halogenated alkanes) is 1. The smallest absolute Gasteiger partial charge is 0.0462 e. The minimum atomic E-state index is 0.112. The molecule has 0 saturated heterocycles. The van der Waals surface area contributed by atoms with E-state index in [0.717, 1.165) is 37.3 Å². The molecular formula is C17H27ClINO. The van der Waals surface area contributed by atoms with Gasteiger partial charge in [0.15, 0.2) is 0 Å². The number of benzene rings is 1. The van der Waals surface area contributed by atoms with Crippen molar-refractivity contribution in [1.29, 1.82) is 0 Å². The molecule has 0 bridgehead atoms. The molecule has 2 nitrogen and oxygen atoms in total. The summed E-state index contributed by atoms with van der Waals surface area (Å²) in [5.74, 6) is 0. The van der Waals surface area contributed by atoms with Crippen molar-refractivity contribution < 1.29 is 4.74 Å². The molecule has 0 radical (unpaired) electrons. The molecule has 0 aliphatic heterocycles. The van der Waals surface area contributed by atoms with Crippen LogP contribution < -0.4 is 5.73 Å². The number of rotatable bonds is 7. The van der Waals surface area contributed by atoms with Crippen LogP contribution in [-0.2, 0) is 17.6 Å². The summed E-state index contributed by atoms with van der Waals surface area (Å²) < 4.78 is 6.30. The molecule has 1 atom stereocenters. The maximum atomic E-state index is 6.37. The van der Waals surface area contributed by atoms with Gasteiger partial charge in [-0.15, -0.1) is 0 Å². The SMILES string of the molecule is COCCCCc1cc(CC(N)C(C)(C)C)c(I)cc1Cl. The molecule has 0 spiro atoms. The van der Waals surface area contributed by atoms with Gasteiger partial charge in [0, 0.05) is 28.4 Å². The summed E-state index contributed by atoms with van der Waals surface area (Å²) in [6.45, 7) is 7.37. The fourth-order valence-corrected chi connectivity index (χ4v) is 3.23. The largest absolute Gasteiger partial charge is 0.385 e. The van der Waals surface area contributed by atoms with Crippen molar-refractivity contribution >= 4 is 34.2 Å². The summed E-state index contributed by atoms with van der Waals surface area (Å²) in [6.07, 6.45) is 4.05. The van der Waals surface area contributed by atoms with Gasteiger partial charge in [-0.25, -0.2) is 0 Å². The summed E-state index contributed by atoms with van der Waals surface area (Å²) in [7, 11) is 1.74. The molecule has 1 aromatic rings. The van der Waals surface area contributed by atoms with Crippen LogP contribution >= 0.6 is 34.2 Å². The third-order valence-electron chi connectivity index (χ3n) is 3.81. The van der Waals surface area contributed by atoms with E-state index in [4.69, 9.17) is 22.1 Å². The Bertz CT molecular complexity index is 457. The van der Waals surface area contributed by atoms with Crippen LogP contribution in [0.25, 0.3) is 0 Å². The molecular weight excluding hydrogens is 397 g/mol. The summed E-state index contributed by atoms with van der Waals surface area (Å²) in [5, 5.41) is 0.866. The van der Waals surface area contributed by atoms with E-state index in [1.54, 1.807) is 7.11 Å². The van der Waals surface area contributed by atoms with Crippen molar-refractivity contribution in [3.05, 3.63) is 31.9 Å². The van der Waals surface area contributed by atoms with Gasteiger partial charge in [0.2, 0.25) is 0 Å². The third kappa shape index (κ3) is 6.43. The number of methoxy groups -OCH3 is 1. The van der Waals surface area contributed by atoms with E-state index in [1.807, 2.05) is 0 Å². The van der Waals surface area contributed by atoms with E-state index in [2.05, 4.69) is 55.5 Å². The van der Waals surface area contributed by atoms with Crippen molar-refractivity contribution in [1.82, 2.24) is 0 Å². The molecule has 1 rings (SSSR count). The molecule has 1 unspecified atom stereocenters. The fraction of sp³-hybridized carbons (Fsp3) is 0.647. The number of ether oxygens (including phenoxy) is 1. The monoisotopic (exact) mass is 423 g/mol. The second kappa shape index (κ2) is 8.70. The van der Waals surface area contributed by atoms with Crippen LogP contribution in [0, 0.1) is 8.99 Å². The van der Waals surface area contributed by atoms with E-state index < -0.39 is 0 Å². The highest BCUT2D eigenvalue weighted by molar-refractivity contribution is 14.1. The van der Waals surface area contributed by atoms with E-state index in [9.17, 15) is 0 Å². The first kappa shape index (κ1) is 19.2. The van der Waals surface area contributed by atoms with Gasteiger partial charge in [-0.1, -0.05) is 38.4 Å². The van der Waals surface area contributed by atoms with Gasteiger partial charge >= 0.3 is 0 Å². The highest BCUT2D eigenvalue weighted by atomic mass is 127. The Labute approximate surface area is 147 Å². The minimum absolute atomic E-state index is 0.112. The standard InChI is InChI=1S/C17H27ClINO/c1-17(2,3)16(20)10-13-9-12(7-5-6-8-21-4)14(18)11-15(13)19/h9,11,16H,5-8,10,20H2,1-4H3. The van der Waals surface area contributed by atoms with Gasteiger partial charge in [-0.2, -0.15) is 0 Å². The highest BCUT2D eigenvalue weighted by Gasteiger charge is 2.22. The summed E-state index contributed by atoms with van der Waals surface area (Å²) in [4.78, 5) is 0. The van der Waals surface area contributed by atoms with Gasteiger partial charge in [-0.05, 0) is 70.9 Å². The summed E-state index contributed by atoms with van der Waals surface area (Å²) in [5.41, 5.74) is 8.97. The van der Waals surface area contributed by atoms with Crippen LogP contribution in [0.2, 0.25) is 5.02 Å². The molecule has 0 aliphatic rings. The Morgan fingerprint density at radius 3 is 2.48 bits per heavy atom. The van der Waals surface area contributed by atoms with Crippen LogP contribution in [0.5, 0.6) is 0 Å². The predicted octanol–water partition coefficient (Wildman–Crippen LogP) is 4.83. The van der Waals surface area contributed by atoms with E-state index in [0.29, 0.717) is 0 Å². The molecule has 0 aliphatic carbocycles. The molecule has 1 aromatic carbocycles. The van der Waals surface area contributed by atoms with E-state index >= 15 is 0 Å². The molecule has 0 amide bonds. The zero-order chi connectivity index (χ0) is 16.0. The average Bonchev–Trinajstić information content (AvgIpc) is 2.38. The van der Waals surface area contributed by atoms with Gasteiger partial charge in [0.1, 0.15) is 0 Å². The second-order valence-electron chi connectivity index (χ2n) is 6.66. The quantitative estimate of drug-likeness (QED) is 0.503. The molecule has 0 heterocycles. The number of hydrogen-bond acceptors (Lipinski definition) is 2. The topological polar surface area (TPSA) is 35.2 Å². The summed E-state index contributed by atoms with van der Waals surface area (Å²) in [6, 6.07) is 4.45. The van der Waals surface area contributed by atoms with Crippen LogP contribution in [0.3, 0.4) is 0 Å². The maximum absolute atomic E-state index is 6.37. The lowest BCUT2D eigenvalue weighted by molar-refractivity contribution is 0.193. The number of aryl methyl sites for hydroxylation is 1. The molecule has 21 heavy (non-hydrogen) atoms. The van der Waals surface area contributed by atoms with E-state index in [1.165, 1.54) is 14.7 Å². The first-order chi connectivity index (χ1) is 9.75. The second-order valence-corrected chi connectivity index (χ2v) is 8.23. The average molecular weight is 424 g/mol. The number of halogens is 2. The first-order valence-electron chi connectivity index (χ1n) is 7.47. The van der Waals surface area contributed by atoms with Crippen molar-refractivity contribution in [2.75, 3.05) is 13.7 Å². The minimum Gasteiger partial charge on any atom is -0.385 e. The van der Waals surface area contributed by atoms with E-state index in [-0.39, 0.29) is 11.5 Å². The molecule has 2 N–H and O–H groups in total. The van der Waals surface area contributed by atoms with Gasteiger partial charge in [0.05, 0.1) is 0 Å². The summed E-state index contributed by atoms with van der Waals surface area (Å²) >= 11 is 8.73. The van der Waals surface area contributed by atoms with Crippen LogP contribution in [0.15, 0.2) is 12.1 Å². The fourth-order valence-electron chi connectivity index (χ4n) is 2.10. The molecule has 120 valence electrons. The van der Waals surface area contributed by atoms with Crippen molar-refractivity contribution in [2.45, 2.75) is 52.5 Å². The van der Waals surface area contributed by atoms with Gasteiger partial charge in [0.25, 0.3) is 0 Å². The van der Waals surface area contributed by atoms with Crippen LogP contribution in [0.1, 0.15) is 44.7 Å². The molecule has 0 fully saturated rings. The lowest BCUT2D eigenvalue weighted by atomic mass is 9.83. The predicted molar refractivity (Wildman–Crippen MR) is 100 cm³/mol. The molecule has 0 aromatic heterocycles. The zero-order valence-corrected chi connectivity index (χ0v) is 16.4. The van der Waals surface area contributed by atoms with Gasteiger partial charge in [-0.3, -0.25) is 0 Å². The highest BCUT2D eigenvalue weighted by Crippen LogP contribution is 2.28. The maximum Gasteiger partial charge on any atom is 0.0462 e. The lowest BCUT2D eigenvalue weighted by Crippen LogP contribution is -2.37. The lowest BCUT2D eigenvalue weighted by Gasteiger charge is -2.27. The zero-order valence-electron chi connectivity index (χ0n) is 13.5. The number of hydrogen-bond donors (Lipinski definition) is 1. The van der Waals surface area contributed by atoms with Crippen LogP contribution in [-0.4, -0.2) is 19.8 Å². The molecule has 4 heteroatoms. The van der Waals surface area contributed by atoms with Crippen molar-refractivity contribution in [2.24, 2.45) is 11.1 Å². The molecule has 0 saturated carbocycles.